The summed E-state index contributed by atoms with van der Waals surface area (Å²) in [5.41, 5.74) is 7.24. The lowest BCUT2D eigenvalue weighted by Crippen LogP contribution is -2.16. The first-order valence-electron chi connectivity index (χ1n) is 6.64. The van der Waals surface area contributed by atoms with Crippen molar-refractivity contribution in [3.63, 3.8) is 0 Å². The van der Waals surface area contributed by atoms with Crippen molar-refractivity contribution in [2.45, 2.75) is 45.8 Å². The standard InChI is InChI=1S/C16H22Br2Si/c1-12(2)13-6-8-14(9-7-13)15(16(17)18)10-11-19(3,4)5/h8,13H,1,6-7,9H2,2-5H3/t13-/m1/s1. The molecule has 0 aromatic rings. The molecule has 0 fully saturated rings. The molecular formula is C16H22Br2Si. The van der Waals surface area contributed by atoms with Crippen LogP contribution in [0.15, 0.2) is 32.8 Å². The van der Waals surface area contributed by atoms with Crippen LogP contribution in [0.1, 0.15) is 26.2 Å². The number of hydrogen-bond acceptors (Lipinski definition) is 0. The van der Waals surface area contributed by atoms with Crippen LogP contribution < -0.4 is 0 Å². The monoisotopic (exact) mass is 400 g/mol. The van der Waals surface area contributed by atoms with Gasteiger partial charge in [0.2, 0.25) is 0 Å². The van der Waals surface area contributed by atoms with Crippen molar-refractivity contribution in [1.82, 2.24) is 0 Å². The van der Waals surface area contributed by atoms with E-state index in [0.29, 0.717) is 5.92 Å². The van der Waals surface area contributed by atoms with E-state index >= 15 is 0 Å². The molecule has 0 bridgehead atoms. The molecule has 3 heteroatoms. The molecule has 0 aromatic carbocycles. The molecule has 1 aliphatic carbocycles. The molecule has 0 saturated carbocycles. The van der Waals surface area contributed by atoms with E-state index in [9.17, 15) is 0 Å². The number of allylic oxidation sites excluding steroid dienone is 4. The SMILES string of the molecule is C=C(C)[C@@H]1CC=C(C(C#C[Si](C)(C)C)=C(Br)Br)CC1. The van der Waals surface area contributed by atoms with Crippen LogP contribution in [0.3, 0.4) is 0 Å². The molecule has 0 radical (unpaired) electrons. The van der Waals surface area contributed by atoms with Gasteiger partial charge in [0.25, 0.3) is 0 Å². The van der Waals surface area contributed by atoms with Gasteiger partial charge in [-0.05, 0) is 69.5 Å². The van der Waals surface area contributed by atoms with Gasteiger partial charge in [0, 0.05) is 5.57 Å². The fraction of sp³-hybridized carbons (Fsp3) is 0.500. The lowest BCUT2D eigenvalue weighted by molar-refractivity contribution is 0.544. The minimum Gasteiger partial charge on any atom is -0.127 e. The molecule has 0 nitrogen and oxygen atoms in total. The molecule has 0 aromatic heterocycles. The molecule has 0 N–H and O–H groups in total. The molecule has 19 heavy (non-hydrogen) atoms. The summed E-state index contributed by atoms with van der Waals surface area (Å²) < 4.78 is 0.978. The predicted octanol–water partition coefficient (Wildman–Crippen LogP) is 6.17. The first kappa shape index (κ1) is 17.0. The zero-order valence-corrected chi connectivity index (χ0v) is 16.4. The summed E-state index contributed by atoms with van der Waals surface area (Å²) in [6.07, 6.45) is 5.70. The van der Waals surface area contributed by atoms with Crippen LogP contribution in [0.4, 0.5) is 0 Å². The van der Waals surface area contributed by atoms with Gasteiger partial charge in [-0.15, -0.1) is 5.54 Å². The first-order chi connectivity index (χ1) is 8.70. The summed E-state index contributed by atoms with van der Waals surface area (Å²) in [5.74, 6) is 4.02. The fourth-order valence-corrected chi connectivity index (χ4v) is 3.22. The second-order valence-corrected chi connectivity index (χ2v) is 13.6. The number of rotatable bonds is 2. The van der Waals surface area contributed by atoms with Crippen molar-refractivity contribution in [2.75, 3.05) is 0 Å². The van der Waals surface area contributed by atoms with Gasteiger partial charge in [0.1, 0.15) is 8.07 Å². The van der Waals surface area contributed by atoms with Gasteiger partial charge in [-0.3, -0.25) is 0 Å². The Hall–Kier alpha value is -0.0431. The molecular weight excluding hydrogens is 380 g/mol. The Kier molecular flexibility index (Phi) is 6.36. The smallest absolute Gasteiger partial charge is 0.127 e. The lowest BCUT2D eigenvalue weighted by atomic mass is 9.84. The van der Waals surface area contributed by atoms with Crippen LogP contribution in [0, 0.1) is 17.4 Å². The molecule has 1 atom stereocenters. The van der Waals surface area contributed by atoms with E-state index in [4.69, 9.17) is 0 Å². The second kappa shape index (κ2) is 7.11. The molecule has 1 rings (SSSR count). The van der Waals surface area contributed by atoms with Gasteiger partial charge >= 0.3 is 0 Å². The quantitative estimate of drug-likeness (QED) is 0.294. The highest BCUT2D eigenvalue weighted by molar-refractivity contribution is 9.28. The fourth-order valence-electron chi connectivity index (χ4n) is 2.01. The van der Waals surface area contributed by atoms with E-state index in [2.05, 4.69) is 82.5 Å². The average Bonchev–Trinajstić information content (AvgIpc) is 2.27. The molecule has 104 valence electrons. The molecule has 1 aliphatic rings. The van der Waals surface area contributed by atoms with Crippen molar-refractivity contribution in [2.24, 2.45) is 5.92 Å². The minimum atomic E-state index is -1.34. The maximum Gasteiger partial charge on any atom is 0.129 e. The second-order valence-electron chi connectivity index (χ2n) is 6.18. The minimum absolute atomic E-state index is 0.643. The van der Waals surface area contributed by atoms with E-state index in [1.807, 2.05) is 0 Å². The third-order valence-electron chi connectivity index (χ3n) is 3.18. The summed E-state index contributed by atoms with van der Waals surface area (Å²) in [6.45, 7) is 13.0. The van der Waals surface area contributed by atoms with Crippen LogP contribution in [-0.4, -0.2) is 8.07 Å². The van der Waals surface area contributed by atoms with Crippen molar-refractivity contribution in [1.29, 1.82) is 0 Å². The lowest BCUT2D eigenvalue weighted by Gasteiger charge is -2.22. The van der Waals surface area contributed by atoms with Gasteiger partial charge in [0.15, 0.2) is 0 Å². The molecule has 0 unspecified atom stereocenters. The van der Waals surface area contributed by atoms with Crippen LogP contribution in [0.5, 0.6) is 0 Å². The summed E-state index contributed by atoms with van der Waals surface area (Å²) in [5, 5.41) is 0. The number of hydrogen-bond donors (Lipinski definition) is 0. The summed E-state index contributed by atoms with van der Waals surface area (Å²) >= 11 is 7.08. The Morgan fingerprint density at radius 3 is 2.37 bits per heavy atom. The molecule has 0 amide bonds. The Bertz CT molecular complexity index is 477. The van der Waals surface area contributed by atoms with Gasteiger partial charge < -0.3 is 0 Å². The van der Waals surface area contributed by atoms with Gasteiger partial charge in [-0.25, -0.2) is 0 Å². The van der Waals surface area contributed by atoms with Gasteiger partial charge in [-0.1, -0.05) is 43.8 Å². The van der Waals surface area contributed by atoms with E-state index in [1.165, 1.54) is 17.6 Å². The van der Waals surface area contributed by atoms with Crippen LogP contribution in [0.2, 0.25) is 19.6 Å². The highest BCUT2D eigenvalue weighted by atomic mass is 79.9. The van der Waals surface area contributed by atoms with E-state index in [0.717, 1.165) is 21.8 Å². The molecule has 0 spiro atoms. The summed E-state index contributed by atoms with van der Waals surface area (Å²) in [4.78, 5) is 0. The Balaban J connectivity index is 2.95. The Morgan fingerprint density at radius 1 is 1.37 bits per heavy atom. The average molecular weight is 402 g/mol. The zero-order chi connectivity index (χ0) is 14.6. The Morgan fingerprint density at radius 2 is 2.00 bits per heavy atom. The van der Waals surface area contributed by atoms with Crippen LogP contribution >= 0.6 is 31.9 Å². The van der Waals surface area contributed by atoms with Gasteiger partial charge in [-0.2, -0.15) is 0 Å². The normalized spacial score (nSPS) is 19.1. The van der Waals surface area contributed by atoms with Crippen molar-refractivity contribution >= 4 is 39.9 Å². The predicted molar refractivity (Wildman–Crippen MR) is 96.2 cm³/mol. The Labute approximate surface area is 135 Å². The highest BCUT2D eigenvalue weighted by Crippen LogP contribution is 2.34. The topological polar surface area (TPSA) is 0 Å². The molecule has 0 heterocycles. The molecule has 0 saturated heterocycles. The largest absolute Gasteiger partial charge is 0.129 e. The van der Waals surface area contributed by atoms with E-state index in [-0.39, 0.29) is 0 Å². The van der Waals surface area contributed by atoms with Crippen molar-refractivity contribution < 1.29 is 0 Å². The zero-order valence-electron chi connectivity index (χ0n) is 12.2. The van der Waals surface area contributed by atoms with Crippen LogP contribution in [-0.2, 0) is 0 Å². The van der Waals surface area contributed by atoms with Crippen molar-refractivity contribution in [3.05, 3.63) is 32.8 Å². The summed E-state index contributed by atoms with van der Waals surface area (Å²) in [6, 6.07) is 0. The first-order valence-corrected chi connectivity index (χ1v) is 11.7. The maximum absolute atomic E-state index is 4.07. The van der Waals surface area contributed by atoms with Crippen molar-refractivity contribution in [3.8, 4) is 11.5 Å². The van der Waals surface area contributed by atoms with E-state index < -0.39 is 8.07 Å². The van der Waals surface area contributed by atoms with E-state index in [1.54, 1.807) is 0 Å². The third kappa shape index (κ3) is 5.85. The van der Waals surface area contributed by atoms with Crippen LogP contribution in [0.25, 0.3) is 0 Å². The summed E-state index contributed by atoms with van der Waals surface area (Å²) in [7, 11) is -1.34. The highest BCUT2D eigenvalue weighted by Gasteiger charge is 2.18. The molecule has 0 aliphatic heterocycles. The number of halogens is 2. The maximum atomic E-state index is 4.07. The third-order valence-corrected chi connectivity index (χ3v) is 4.85. The van der Waals surface area contributed by atoms with Gasteiger partial charge in [0.05, 0.1) is 3.39 Å².